The van der Waals surface area contributed by atoms with E-state index >= 15 is 0 Å². The minimum atomic E-state index is -0.529. The van der Waals surface area contributed by atoms with Gasteiger partial charge in [-0.3, -0.25) is 19.7 Å². The number of amides is 2. The van der Waals surface area contributed by atoms with Crippen molar-refractivity contribution in [3.05, 3.63) is 58.1 Å². The zero-order valence-electron chi connectivity index (χ0n) is 14.2. The van der Waals surface area contributed by atoms with Crippen molar-refractivity contribution in [3.63, 3.8) is 0 Å². The van der Waals surface area contributed by atoms with Gasteiger partial charge in [0.2, 0.25) is 5.91 Å². The van der Waals surface area contributed by atoms with Crippen LogP contribution in [0.3, 0.4) is 0 Å². The van der Waals surface area contributed by atoms with Crippen LogP contribution in [0.15, 0.2) is 42.5 Å². The van der Waals surface area contributed by atoms with Gasteiger partial charge in [0.05, 0.1) is 24.3 Å². The third-order valence-electron chi connectivity index (χ3n) is 3.49. The van der Waals surface area contributed by atoms with Gasteiger partial charge in [0.25, 0.3) is 11.6 Å². The average Bonchev–Trinajstić information content (AvgIpc) is 2.66. The molecule has 2 aromatic carbocycles. The third-order valence-corrected chi connectivity index (χ3v) is 3.49. The maximum Gasteiger partial charge on any atom is 0.271 e. The van der Waals surface area contributed by atoms with Crippen LogP contribution in [0.4, 0.5) is 17.1 Å². The van der Waals surface area contributed by atoms with Crippen LogP contribution in [-0.4, -0.2) is 37.4 Å². The fraction of sp³-hybridized carbons (Fsp3) is 0.176. The summed E-state index contributed by atoms with van der Waals surface area (Å²) in [5, 5.41) is 18.8. The lowest BCUT2D eigenvalue weighted by atomic mass is 10.2. The van der Waals surface area contributed by atoms with Crippen molar-refractivity contribution in [2.75, 3.05) is 31.3 Å². The highest BCUT2D eigenvalue weighted by Gasteiger charge is 2.12. The molecule has 0 aliphatic rings. The fourth-order valence-electron chi connectivity index (χ4n) is 2.18. The van der Waals surface area contributed by atoms with Crippen LogP contribution in [0.2, 0.25) is 0 Å². The first-order chi connectivity index (χ1) is 12.4. The number of hydrogen-bond donors (Lipinski definition) is 3. The van der Waals surface area contributed by atoms with E-state index in [0.717, 1.165) is 0 Å². The summed E-state index contributed by atoms with van der Waals surface area (Å²) in [5.74, 6) is -0.188. The van der Waals surface area contributed by atoms with E-state index in [2.05, 4.69) is 16.0 Å². The molecule has 0 saturated carbocycles. The van der Waals surface area contributed by atoms with Crippen molar-refractivity contribution in [2.24, 2.45) is 0 Å². The molecular formula is C17H18N4O5. The monoisotopic (exact) mass is 358 g/mol. The summed E-state index contributed by atoms with van der Waals surface area (Å²) in [4.78, 5) is 33.9. The molecule has 0 radical (unpaired) electrons. The number of anilines is 2. The standard InChI is InChI=1S/C17H18N4O5/c1-18-17(23)11-3-5-12(6-4-11)20-16(22)10-19-14-9-13(21(24)25)7-8-15(14)26-2/h3-9,19H,10H2,1-2H3,(H,18,23)(H,20,22). The van der Waals surface area contributed by atoms with Gasteiger partial charge in [-0.2, -0.15) is 0 Å². The first-order valence-electron chi connectivity index (χ1n) is 7.63. The smallest absolute Gasteiger partial charge is 0.271 e. The molecule has 0 bridgehead atoms. The lowest BCUT2D eigenvalue weighted by molar-refractivity contribution is -0.384. The predicted octanol–water partition coefficient (Wildman–Crippen LogP) is 2.01. The molecule has 3 N–H and O–H groups in total. The second-order valence-electron chi connectivity index (χ2n) is 5.20. The first-order valence-corrected chi connectivity index (χ1v) is 7.63. The number of non-ortho nitro benzene ring substituents is 1. The second-order valence-corrected chi connectivity index (χ2v) is 5.20. The molecule has 0 heterocycles. The Morgan fingerprint density at radius 3 is 2.42 bits per heavy atom. The van der Waals surface area contributed by atoms with Crippen molar-refractivity contribution >= 4 is 28.9 Å². The second kappa shape index (κ2) is 8.47. The highest BCUT2D eigenvalue weighted by Crippen LogP contribution is 2.28. The number of carbonyl (C=O) groups excluding carboxylic acids is 2. The molecule has 0 fully saturated rings. The quantitative estimate of drug-likeness (QED) is 0.514. The van der Waals surface area contributed by atoms with Gasteiger partial charge < -0.3 is 20.7 Å². The van der Waals surface area contributed by atoms with Gasteiger partial charge in [0, 0.05) is 30.4 Å². The Morgan fingerprint density at radius 2 is 1.85 bits per heavy atom. The number of ether oxygens (including phenoxy) is 1. The van der Waals surface area contributed by atoms with Crippen LogP contribution in [0.25, 0.3) is 0 Å². The Labute approximate surface area is 149 Å². The van der Waals surface area contributed by atoms with Crippen LogP contribution in [0.5, 0.6) is 5.75 Å². The number of benzene rings is 2. The summed E-state index contributed by atoms with van der Waals surface area (Å²) >= 11 is 0. The molecule has 9 heteroatoms. The normalized spacial score (nSPS) is 9.92. The summed E-state index contributed by atoms with van der Waals surface area (Å²) in [6.45, 7) is -0.116. The van der Waals surface area contributed by atoms with Gasteiger partial charge in [0.15, 0.2) is 0 Å². The average molecular weight is 358 g/mol. The molecular weight excluding hydrogens is 340 g/mol. The largest absolute Gasteiger partial charge is 0.495 e. The van der Waals surface area contributed by atoms with Crippen LogP contribution in [0.1, 0.15) is 10.4 Å². The van der Waals surface area contributed by atoms with Crippen molar-refractivity contribution < 1.29 is 19.2 Å². The number of nitro benzene ring substituents is 1. The molecule has 0 aliphatic carbocycles. The fourth-order valence-corrected chi connectivity index (χ4v) is 2.18. The lowest BCUT2D eigenvalue weighted by Gasteiger charge is -2.11. The van der Waals surface area contributed by atoms with Crippen LogP contribution >= 0.6 is 0 Å². The number of nitrogens with zero attached hydrogens (tertiary/aromatic N) is 1. The number of methoxy groups -OCH3 is 1. The van der Waals surface area contributed by atoms with Gasteiger partial charge in [-0.25, -0.2) is 0 Å². The molecule has 2 rings (SSSR count). The van der Waals surface area contributed by atoms with Gasteiger partial charge in [0.1, 0.15) is 5.75 Å². The number of hydrogen-bond acceptors (Lipinski definition) is 6. The van der Waals surface area contributed by atoms with E-state index in [1.54, 1.807) is 24.3 Å². The zero-order valence-corrected chi connectivity index (χ0v) is 14.2. The minimum absolute atomic E-state index is 0.113. The number of nitrogens with one attached hydrogen (secondary N) is 3. The van der Waals surface area contributed by atoms with E-state index in [-0.39, 0.29) is 24.0 Å². The van der Waals surface area contributed by atoms with Crippen LogP contribution < -0.4 is 20.7 Å². The number of carbonyl (C=O) groups is 2. The maximum absolute atomic E-state index is 12.1. The molecule has 136 valence electrons. The van der Waals surface area contributed by atoms with E-state index in [9.17, 15) is 19.7 Å². The van der Waals surface area contributed by atoms with Crippen molar-refractivity contribution in [2.45, 2.75) is 0 Å². The molecule has 2 aromatic rings. The molecule has 2 amide bonds. The molecule has 26 heavy (non-hydrogen) atoms. The Balaban J connectivity index is 1.99. The Bertz CT molecular complexity index is 820. The third kappa shape index (κ3) is 4.69. The first kappa shape index (κ1) is 18.7. The summed E-state index contributed by atoms with van der Waals surface area (Å²) in [7, 11) is 2.96. The van der Waals surface area contributed by atoms with Gasteiger partial charge >= 0.3 is 0 Å². The van der Waals surface area contributed by atoms with E-state index in [1.807, 2.05) is 0 Å². The Kier molecular flexibility index (Phi) is 6.10. The van der Waals surface area contributed by atoms with Gasteiger partial charge in [-0.1, -0.05) is 0 Å². The molecule has 9 nitrogen and oxygen atoms in total. The number of rotatable bonds is 7. The summed E-state index contributed by atoms with van der Waals surface area (Å²) < 4.78 is 5.12. The SMILES string of the molecule is CNC(=O)c1ccc(NC(=O)CNc2cc([N+](=O)[O-])ccc2OC)cc1. The summed E-state index contributed by atoms with van der Waals surface area (Å²) in [6, 6.07) is 10.5. The lowest BCUT2D eigenvalue weighted by Crippen LogP contribution is -2.22. The highest BCUT2D eigenvalue weighted by molar-refractivity contribution is 5.96. The van der Waals surface area contributed by atoms with Gasteiger partial charge in [-0.15, -0.1) is 0 Å². The van der Waals surface area contributed by atoms with Crippen molar-refractivity contribution in [1.82, 2.24) is 5.32 Å². The van der Waals surface area contributed by atoms with E-state index < -0.39 is 4.92 Å². The maximum atomic E-state index is 12.1. The molecule has 0 aliphatic heterocycles. The summed E-state index contributed by atoms with van der Waals surface area (Å²) in [6.07, 6.45) is 0. The van der Waals surface area contributed by atoms with Crippen LogP contribution in [0, 0.1) is 10.1 Å². The van der Waals surface area contributed by atoms with Crippen molar-refractivity contribution in [1.29, 1.82) is 0 Å². The molecule has 0 aromatic heterocycles. The van der Waals surface area contributed by atoms with Gasteiger partial charge in [-0.05, 0) is 30.3 Å². The molecule has 0 spiro atoms. The van der Waals surface area contributed by atoms with Crippen LogP contribution in [-0.2, 0) is 4.79 Å². The molecule has 0 unspecified atom stereocenters. The highest BCUT2D eigenvalue weighted by atomic mass is 16.6. The van der Waals surface area contributed by atoms with E-state index in [1.165, 1.54) is 32.4 Å². The predicted molar refractivity (Wildman–Crippen MR) is 96.6 cm³/mol. The number of nitro groups is 1. The van der Waals surface area contributed by atoms with Crippen molar-refractivity contribution in [3.8, 4) is 5.75 Å². The minimum Gasteiger partial charge on any atom is -0.495 e. The summed E-state index contributed by atoms with van der Waals surface area (Å²) in [5.41, 5.74) is 1.23. The Hall–Kier alpha value is -3.62. The topological polar surface area (TPSA) is 123 Å². The van der Waals surface area contributed by atoms with E-state index in [4.69, 9.17) is 4.74 Å². The zero-order chi connectivity index (χ0) is 19.1. The molecule has 0 saturated heterocycles. The van der Waals surface area contributed by atoms with E-state index in [0.29, 0.717) is 22.7 Å². The molecule has 0 atom stereocenters. The Morgan fingerprint density at radius 1 is 1.15 bits per heavy atom.